The first-order chi connectivity index (χ1) is 9.22. The van der Waals surface area contributed by atoms with Crippen molar-refractivity contribution in [2.45, 2.75) is 45.2 Å². The summed E-state index contributed by atoms with van der Waals surface area (Å²) < 4.78 is 0. The van der Waals surface area contributed by atoms with Crippen molar-refractivity contribution >= 4 is 0 Å². The summed E-state index contributed by atoms with van der Waals surface area (Å²) in [5.41, 5.74) is 1.45. The molecule has 0 aromatic heterocycles. The van der Waals surface area contributed by atoms with Gasteiger partial charge in [0, 0.05) is 18.6 Å². The third kappa shape index (κ3) is 4.32. The first-order valence-corrected chi connectivity index (χ1v) is 7.67. The third-order valence-corrected chi connectivity index (χ3v) is 3.96. The molecule has 0 saturated heterocycles. The second-order valence-electron chi connectivity index (χ2n) is 6.14. The SMILES string of the molecule is CNCC(c1ccccc1)N(CCC(C)C)C1CC1. The highest BCUT2D eigenvalue weighted by atomic mass is 15.2. The van der Waals surface area contributed by atoms with Crippen LogP contribution in [0.25, 0.3) is 0 Å². The molecule has 0 amide bonds. The smallest absolute Gasteiger partial charge is 0.0475 e. The van der Waals surface area contributed by atoms with E-state index in [0.29, 0.717) is 6.04 Å². The van der Waals surface area contributed by atoms with E-state index in [0.717, 1.165) is 18.5 Å². The highest BCUT2D eigenvalue weighted by Crippen LogP contribution is 2.34. The van der Waals surface area contributed by atoms with Crippen molar-refractivity contribution in [3.05, 3.63) is 35.9 Å². The molecular weight excluding hydrogens is 232 g/mol. The van der Waals surface area contributed by atoms with Crippen LogP contribution in [0.1, 0.15) is 44.7 Å². The lowest BCUT2D eigenvalue weighted by atomic mass is 10.0. The fourth-order valence-electron chi connectivity index (χ4n) is 2.70. The van der Waals surface area contributed by atoms with Crippen LogP contribution in [0.2, 0.25) is 0 Å². The minimum Gasteiger partial charge on any atom is -0.318 e. The van der Waals surface area contributed by atoms with E-state index < -0.39 is 0 Å². The van der Waals surface area contributed by atoms with Crippen LogP contribution in [-0.2, 0) is 0 Å². The van der Waals surface area contributed by atoms with E-state index in [1.165, 1.54) is 31.4 Å². The van der Waals surface area contributed by atoms with Crippen LogP contribution in [0, 0.1) is 5.92 Å². The van der Waals surface area contributed by atoms with Crippen molar-refractivity contribution in [1.29, 1.82) is 0 Å². The predicted octanol–water partition coefficient (Wildman–Crippen LogP) is 3.46. The van der Waals surface area contributed by atoms with Crippen LogP contribution in [-0.4, -0.2) is 31.1 Å². The first kappa shape index (κ1) is 14.5. The van der Waals surface area contributed by atoms with E-state index in [9.17, 15) is 0 Å². The molecule has 0 spiro atoms. The number of nitrogens with zero attached hydrogens (tertiary/aromatic N) is 1. The lowest BCUT2D eigenvalue weighted by Crippen LogP contribution is -2.37. The quantitative estimate of drug-likeness (QED) is 0.770. The summed E-state index contributed by atoms with van der Waals surface area (Å²) in [6, 6.07) is 12.3. The minimum atomic E-state index is 0.525. The first-order valence-electron chi connectivity index (χ1n) is 7.67. The van der Waals surface area contributed by atoms with Crippen molar-refractivity contribution in [3.63, 3.8) is 0 Å². The van der Waals surface area contributed by atoms with Crippen LogP contribution >= 0.6 is 0 Å². The second kappa shape index (κ2) is 7.06. The molecule has 2 heteroatoms. The minimum absolute atomic E-state index is 0.525. The lowest BCUT2D eigenvalue weighted by molar-refractivity contribution is 0.175. The van der Waals surface area contributed by atoms with Gasteiger partial charge in [-0.15, -0.1) is 0 Å². The fraction of sp³-hybridized carbons (Fsp3) is 0.647. The average Bonchev–Trinajstić information content (AvgIpc) is 3.23. The van der Waals surface area contributed by atoms with Gasteiger partial charge in [-0.3, -0.25) is 4.90 Å². The maximum Gasteiger partial charge on any atom is 0.0475 e. The molecule has 1 N–H and O–H groups in total. The summed E-state index contributed by atoms with van der Waals surface area (Å²) in [7, 11) is 2.06. The van der Waals surface area contributed by atoms with Gasteiger partial charge in [-0.1, -0.05) is 44.2 Å². The molecule has 1 unspecified atom stereocenters. The van der Waals surface area contributed by atoms with Gasteiger partial charge in [0.05, 0.1) is 0 Å². The molecule has 1 atom stereocenters. The molecule has 1 fully saturated rings. The van der Waals surface area contributed by atoms with Crippen LogP contribution in [0.15, 0.2) is 30.3 Å². The maximum absolute atomic E-state index is 3.38. The molecule has 1 aromatic carbocycles. The molecule has 2 nitrogen and oxygen atoms in total. The predicted molar refractivity (Wildman–Crippen MR) is 82.3 cm³/mol. The van der Waals surface area contributed by atoms with Crippen LogP contribution in [0.5, 0.6) is 0 Å². The summed E-state index contributed by atoms with van der Waals surface area (Å²) in [6.45, 7) is 6.91. The molecule has 0 heterocycles. The molecular formula is C17H28N2. The van der Waals surface area contributed by atoms with Crippen LogP contribution < -0.4 is 5.32 Å². The van der Waals surface area contributed by atoms with E-state index >= 15 is 0 Å². The van der Waals surface area contributed by atoms with E-state index in [1.807, 2.05) is 0 Å². The molecule has 0 bridgehead atoms. The fourth-order valence-corrected chi connectivity index (χ4v) is 2.70. The van der Waals surface area contributed by atoms with Crippen molar-refractivity contribution in [3.8, 4) is 0 Å². The summed E-state index contributed by atoms with van der Waals surface area (Å²) in [6.07, 6.45) is 4.06. The number of nitrogens with one attached hydrogen (secondary N) is 1. The number of hydrogen-bond donors (Lipinski definition) is 1. The Morgan fingerprint density at radius 1 is 1.21 bits per heavy atom. The monoisotopic (exact) mass is 260 g/mol. The van der Waals surface area contributed by atoms with Gasteiger partial charge in [-0.05, 0) is 44.3 Å². The van der Waals surface area contributed by atoms with E-state index in [2.05, 4.69) is 61.4 Å². The Hall–Kier alpha value is -0.860. The van der Waals surface area contributed by atoms with Gasteiger partial charge in [-0.25, -0.2) is 0 Å². The Morgan fingerprint density at radius 3 is 2.42 bits per heavy atom. The largest absolute Gasteiger partial charge is 0.318 e. The zero-order valence-corrected chi connectivity index (χ0v) is 12.6. The summed E-state index contributed by atoms with van der Waals surface area (Å²) in [5, 5.41) is 3.38. The second-order valence-corrected chi connectivity index (χ2v) is 6.14. The summed E-state index contributed by atoms with van der Waals surface area (Å²) >= 11 is 0. The molecule has 0 radical (unpaired) electrons. The molecule has 1 aliphatic carbocycles. The molecule has 106 valence electrons. The number of hydrogen-bond acceptors (Lipinski definition) is 2. The molecule has 19 heavy (non-hydrogen) atoms. The maximum atomic E-state index is 3.38. The summed E-state index contributed by atoms with van der Waals surface area (Å²) in [4.78, 5) is 2.73. The number of rotatable bonds is 8. The van der Waals surface area contributed by atoms with Gasteiger partial charge >= 0.3 is 0 Å². The van der Waals surface area contributed by atoms with Gasteiger partial charge in [-0.2, -0.15) is 0 Å². The third-order valence-electron chi connectivity index (χ3n) is 3.96. The zero-order valence-electron chi connectivity index (χ0n) is 12.6. The molecule has 2 rings (SSSR count). The van der Waals surface area contributed by atoms with E-state index in [1.54, 1.807) is 0 Å². The number of benzene rings is 1. The Labute approximate surface area is 118 Å². The van der Waals surface area contributed by atoms with Crippen molar-refractivity contribution < 1.29 is 0 Å². The number of likely N-dealkylation sites (N-methyl/N-ethyl adjacent to an activating group) is 1. The lowest BCUT2D eigenvalue weighted by Gasteiger charge is -2.33. The van der Waals surface area contributed by atoms with Gasteiger partial charge in [0.2, 0.25) is 0 Å². The molecule has 0 aliphatic heterocycles. The van der Waals surface area contributed by atoms with Gasteiger partial charge < -0.3 is 5.32 Å². The summed E-state index contributed by atoms with van der Waals surface area (Å²) in [5.74, 6) is 0.784. The van der Waals surface area contributed by atoms with E-state index in [4.69, 9.17) is 0 Å². The van der Waals surface area contributed by atoms with Crippen molar-refractivity contribution in [1.82, 2.24) is 10.2 Å². The highest BCUT2D eigenvalue weighted by Gasteiger charge is 2.33. The Morgan fingerprint density at radius 2 is 1.89 bits per heavy atom. The average molecular weight is 260 g/mol. The topological polar surface area (TPSA) is 15.3 Å². The Bertz CT molecular complexity index is 357. The van der Waals surface area contributed by atoms with Crippen molar-refractivity contribution in [2.24, 2.45) is 5.92 Å². The molecule has 1 saturated carbocycles. The van der Waals surface area contributed by atoms with Crippen LogP contribution in [0.3, 0.4) is 0 Å². The van der Waals surface area contributed by atoms with Crippen LogP contribution in [0.4, 0.5) is 0 Å². The Balaban J connectivity index is 2.09. The Kier molecular flexibility index (Phi) is 5.41. The molecule has 1 aliphatic rings. The normalized spacial score (nSPS) is 17.1. The van der Waals surface area contributed by atoms with E-state index in [-0.39, 0.29) is 0 Å². The van der Waals surface area contributed by atoms with Gasteiger partial charge in [0.25, 0.3) is 0 Å². The standard InChI is InChI=1S/C17H28N2/c1-14(2)11-12-19(16-9-10-16)17(13-18-3)15-7-5-4-6-8-15/h4-8,14,16-18H,9-13H2,1-3H3. The van der Waals surface area contributed by atoms with Crippen molar-refractivity contribution in [2.75, 3.05) is 20.1 Å². The van der Waals surface area contributed by atoms with Gasteiger partial charge in [0.15, 0.2) is 0 Å². The molecule has 1 aromatic rings. The zero-order chi connectivity index (χ0) is 13.7. The van der Waals surface area contributed by atoms with Gasteiger partial charge in [0.1, 0.15) is 0 Å². The highest BCUT2D eigenvalue weighted by molar-refractivity contribution is 5.20.